The summed E-state index contributed by atoms with van der Waals surface area (Å²) in [5, 5.41) is 2.94. The smallest absolute Gasteiger partial charge is 0.259 e. The maximum absolute atomic E-state index is 12.5. The standard InChI is InChI=1S/C20H23BrN2O2/c1-14-9-11-23(12-10-14)17-6-4-16(5-7-17)22-20(24)18-13-15(21)3-8-19(18)25-2/h3-8,13-14H,9-12H2,1-2H3,(H,22,24). The van der Waals surface area contributed by atoms with Gasteiger partial charge < -0.3 is 15.0 Å². The van der Waals surface area contributed by atoms with Gasteiger partial charge in [-0.25, -0.2) is 0 Å². The largest absolute Gasteiger partial charge is 0.496 e. The van der Waals surface area contributed by atoms with E-state index >= 15 is 0 Å². The number of nitrogens with one attached hydrogen (secondary N) is 1. The molecule has 1 heterocycles. The number of anilines is 2. The van der Waals surface area contributed by atoms with Crippen molar-refractivity contribution in [1.82, 2.24) is 0 Å². The minimum atomic E-state index is -0.183. The molecule has 0 spiro atoms. The number of halogens is 1. The number of hydrogen-bond donors (Lipinski definition) is 1. The highest BCUT2D eigenvalue weighted by Gasteiger charge is 2.16. The lowest BCUT2D eigenvalue weighted by molar-refractivity contribution is 0.102. The summed E-state index contributed by atoms with van der Waals surface area (Å²) < 4.78 is 6.12. The number of nitrogens with zero attached hydrogens (tertiary/aromatic N) is 1. The Balaban J connectivity index is 1.69. The summed E-state index contributed by atoms with van der Waals surface area (Å²) in [6, 6.07) is 13.4. The SMILES string of the molecule is COc1ccc(Br)cc1C(=O)Nc1ccc(N2CCC(C)CC2)cc1. The van der Waals surface area contributed by atoms with Crippen molar-refractivity contribution < 1.29 is 9.53 Å². The van der Waals surface area contributed by atoms with E-state index in [4.69, 9.17) is 4.74 Å². The van der Waals surface area contributed by atoms with Crippen molar-refractivity contribution in [2.75, 3.05) is 30.4 Å². The number of hydrogen-bond acceptors (Lipinski definition) is 3. The van der Waals surface area contributed by atoms with Crippen LogP contribution in [-0.4, -0.2) is 26.1 Å². The van der Waals surface area contributed by atoms with E-state index in [2.05, 4.69) is 45.2 Å². The molecule has 1 saturated heterocycles. The highest BCUT2D eigenvalue weighted by Crippen LogP contribution is 2.26. The van der Waals surface area contributed by atoms with Crippen molar-refractivity contribution in [1.29, 1.82) is 0 Å². The molecule has 0 aliphatic carbocycles. The Kier molecular flexibility index (Phi) is 5.63. The summed E-state index contributed by atoms with van der Waals surface area (Å²) in [5.74, 6) is 1.19. The first-order valence-electron chi connectivity index (χ1n) is 8.56. The van der Waals surface area contributed by atoms with Gasteiger partial charge in [0.25, 0.3) is 5.91 Å². The topological polar surface area (TPSA) is 41.6 Å². The van der Waals surface area contributed by atoms with E-state index in [9.17, 15) is 4.79 Å². The second kappa shape index (κ2) is 7.91. The number of carbonyl (C=O) groups excluding carboxylic acids is 1. The van der Waals surface area contributed by atoms with Crippen molar-refractivity contribution >= 4 is 33.2 Å². The first kappa shape index (κ1) is 17.8. The molecule has 1 aliphatic heterocycles. The minimum Gasteiger partial charge on any atom is -0.496 e. The van der Waals surface area contributed by atoms with Crippen LogP contribution in [0.1, 0.15) is 30.1 Å². The van der Waals surface area contributed by atoms with E-state index in [1.54, 1.807) is 19.2 Å². The fraction of sp³-hybridized carbons (Fsp3) is 0.350. The van der Waals surface area contributed by atoms with Crippen LogP contribution in [0.3, 0.4) is 0 Å². The van der Waals surface area contributed by atoms with Gasteiger partial charge in [0.05, 0.1) is 12.7 Å². The molecule has 4 nitrogen and oxygen atoms in total. The predicted molar refractivity (Wildman–Crippen MR) is 106 cm³/mol. The van der Waals surface area contributed by atoms with E-state index < -0.39 is 0 Å². The predicted octanol–water partition coefficient (Wildman–Crippen LogP) is 4.95. The zero-order valence-electron chi connectivity index (χ0n) is 14.6. The van der Waals surface area contributed by atoms with Crippen molar-refractivity contribution in [3.05, 3.63) is 52.5 Å². The Hall–Kier alpha value is -2.01. The Morgan fingerprint density at radius 2 is 1.84 bits per heavy atom. The Morgan fingerprint density at radius 1 is 1.16 bits per heavy atom. The zero-order chi connectivity index (χ0) is 17.8. The fourth-order valence-electron chi connectivity index (χ4n) is 3.08. The molecule has 2 aromatic carbocycles. The first-order valence-corrected chi connectivity index (χ1v) is 9.36. The van der Waals surface area contributed by atoms with Crippen molar-refractivity contribution in [3.63, 3.8) is 0 Å². The van der Waals surface area contributed by atoms with Gasteiger partial charge >= 0.3 is 0 Å². The lowest BCUT2D eigenvalue weighted by Gasteiger charge is -2.32. The van der Waals surface area contributed by atoms with Gasteiger partial charge in [0, 0.05) is 28.9 Å². The van der Waals surface area contributed by atoms with Crippen molar-refractivity contribution in [2.24, 2.45) is 5.92 Å². The molecule has 3 rings (SSSR count). The lowest BCUT2D eigenvalue weighted by Crippen LogP contribution is -2.32. The van der Waals surface area contributed by atoms with Crippen LogP contribution in [0.15, 0.2) is 46.9 Å². The molecular weight excluding hydrogens is 380 g/mol. The van der Waals surface area contributed by atoms with Crippen molar-refractivity contribution in [2.45, 2.75) is 19.8 Å². The number of methoxy groups -OCH3 is 1. The molecule has 0 saturated carbocycles. The van der Waals surface area contributed by atoms with E-state index in [1.165, 1.54) is 18.5 Å². The van der Waals surface area contributed by atoms with Gasteiger partial charge in [-0.3, -0.25) is 4.79 Å². The molecule has 0 unspecified atom stereocenters. The molecule has 1 aliphatic rings. The molecule has 25 heavy (non-hydrogen) atoms. The number of rotatable bonds is 4. The lowest BCUT2D eigenvalue weighted by atomic mass is 9.99. The molecular formula is C20H23BrN2O2. The van der Waals surface area contributed by atoms with Gasteiger partial charge in [-0.15, -0.1) is 0 Å². The van der Waals surface area contributed by atoms with Gasteiger partial charge in [0.1, 0.15) is 5.75 Å². The third-order valence-electron chi connectivity index (χ3n) is 4.68. The number of carbonyl (C=O) groups is 1. The van der Waals surface area contributed by atoms with Gasteiger partial charge in [-0.05, 0) is 61.2 Å². The summed E-state index contributed by atoms with van der Waals surface area (Å²) in [6.07, 6.45) is 2.47. The van der Waals surface area contributed by atoms with Crippen LogP contribution in [0, 0.1) is 5.92 Å². The van der Waals surface area contributed by atoms with Gasteiger partial charge in [0.2, 0.25) is 0 Å². The summed E-state index contributed by atoms with van der Waals surface area (Å²) in [5.41, 5.74) is 2.50. The van der Waals surface area contributed by atoms with E-state index in [1.807, 2.05) is 18.2 Å². The third kappa shape index (κ3) is 4.34. The van der Waals surface area contributed by atoms with E-state index in [0.29, 0.717) is 11.3 Å². The second-order valence-corrected chi connectivity index (χ2v) is 7.43. The first-order chi connectivity index (χ1) is 12.1. The highest BCUT2D eigenvalue weighted by atomic mass is 79.9. The minimum absolute atomic E-state index is 0.183. The fourth-order valence-corrected chi connectivity index (χ4v) is 3.44. The van der Waals surface area contributed by atoms with Crippen LogP contribution < -0.4 is 15.0 Å². The summed E-state index contributed by atoms with van der Waals surface area (Å²) in [4.78, 5) is 15.0. The number of amides is 1. The molecule has 132 valence electrons. The summed E-state index contributed by atoms with van der Waals surface area (Å²) >= 11 is 3.40. The second-order valence-electron chi connectivity index (χ2n) is 6.52. The average Bonchev–Trinajstić information content (AvgIpc) is 2.63. The number of piperidine rings is 1. The molecule has 5 heteroatoms. The van der Waals surface area contributed by atoms with E-state index in [-0.39, 0.29) is 5.91 Å². The Bertz CT molecular complexity index is 738. The normalized spacial score (nSPS) is 15.1. The molecule has 0 bridgehead atoms. The molecule has 1 N–H and O–H groups in total. The number of benzene rings is 2. The van der Waals surface area contributed by atoms with Crippen LogP contribution in [0.2, 0.25) is 0 Å². The Labute approximate surface area is 157 Å². The van der Waals surface area contributed by atoms with Crippen LogP contribution in [0.5, 0.6) is 5.75 Å². The molecule has 0 radical (unpaired) electrons. The third-order valence-corrected chi connectivity index (χ3v) is 5.17. The monoisotopic (exact) mass is 402 g/mol. The maximum Gasteiger partial charge on any atom is 0.259 e. The average molecular weight is 403 g/mol. The number of ether oxygens (including phenoxy) is 1. The molecule has 0 atom stereocenters. The zero-order valence-corrected chi connectivity index (χ0v) is 16.2. The van der Waals surface area contributed by atoms with Crippen LogP contribution in [0.4, 0.5) is 11.4 Å². The summed E-state index contributed by atoms with van der Waals surface area (Å²) in [6.45, 7) is 4.51. The molecule has 1 amide bonds. The molecule has 2 aromatic rings. The van der Waals surface area contributed by atoms with Crippen molar-refractivity contribution in [3.8, 4) is 5.75 Å². The van der Waals surface area contributed by atoms with Crippen LogP contribution in [-0.2, 0) is 0 Å². The highest BCUT2D eigenvalue weighted by molar-refractivity contribution is 9.10. The van der Waals surface area contributed by atoms with E-state index in [0.717, 1.165) is 29.2 Å². The van der Waals surface area contributed by atoms with Gasteiger partial charge in [0.15, 0.2) is 0 Å². The summed E-state index contributed by atoms with van der Waals surface area (Å²) in [7, 11) is 1.56. The van der Waals surface area contributed by atoms with Gasteiger partial charge in [-0.1, -0.05) is 22.9 Å². The van der Waals surface area contributed by atoms with Crippen LogP contribution >= 0.6 is 15.9 Å². The maximum atomic E-state index is 12.5. The van der Waals surface area contributed by atoms with Gasteiger partial charge in [-0.2, -0.15) is 0 Å². The Morgan fingerprint density at radius 3 is 2.48 bits per heavy atom. The van der Waals surface area contributed by atoms with Crippen LogP contribution in [0.25, 0.3) is 0 Å². The quantitative estimate of drug-likeness (QED) is 0.786. The molecule has 0 aromatic heterocycles. The molecule has 1 fully saturated rings.